The minimum absolute atomic E-state index is 0.0533. The Bertz CT molecular complexity index is 572. The fraction of sp³-hybridized carbons (Fsp3) is 0.684. The van der Waals surface area contributed by atoms with Crippen molar-refractivity contribution in [2.24, 2.45) is 11.3 Å². The summed E-state index contributed by atoms with van der Waals surface area (Å²) in [5, 5.41) is 6.64. The SMILES string of the molecule is CC[C@@H]1CNCC[C@H]1NC(=O)C(C)(C)COc1ncc(C)cc1C. The summed E-state index contributed by atoms with van der Waals surface area (Å²) in [6.45, 7) is 12.3. The molecule has 5 nitrogen and oxygen atoms in total. The second-order valence-electron chi connectivity index (χ2n) is 7.55. The van der Waals surface area contributed by atoms with Gasteiger partial charge in [-0.15, -0.1) is 0 Å². The molecular weight excluding hydrogens is 302 g/mol. The van der Waals surface area contributed by atoms with Crippen LogP contribution in [0.1, 0.15) is 44.7 Å². The Morgan fingerprint density at radius 2 is 2.21 bits per heavy atom. The molecule has 1 saturated heterocycles. The van der Waals surface area contributed by atoms with Crippen molar-refractivity contribution in [1.82, 2.24) is 15.6 Å². The van der Waals surface area contributed by atoms with Crippen molar-refractivity contribution in [1.29, 1.82) is 0 Å². The third kappa shape index (κ3) is 4.69. The lowest BCUT2D eigenvalue weighted by Crippen LogP contribution is -2.53. The summed E-state index contributed by atoms with van der Waals surface area (Å²) in [5.74, 6) is 1.16. The first-order valence-corrected chi connectivity index (χ1v) is 8.91. The highest BCUT2D eigenvalue weighted by Crippen LogP contribution is 2.22. The van der Waals surface area contributed by atoms with E-state index in [1.54, 1.807) is 6.20 Å². The summed E-state index contributed by atoms with van der Waals surface area (Å²) in [4.78, 5) is 17.0. The molecule has 0 aliphatic carbocycles. The molecule has 1 amide bonds. The average Bonchev–Trinajstić information content (AvgIpc) is 2.54. The molecule has 0 spiro atoms. The zero-order valence-corrected chi connectivity index (χ0v) is 15.6. The molecule has 0 saturated carbocycles. The van der Waals surface area contributed by atoms with Crippen molar-refractivity contribution in [3.63, 3.8) is 0 Å². The summed E-state index contributed by atoms with van der Waals surface area (Å²) < 4.78 is 5.84. The number of carbonyl (C=O) groups excluding carboxylic acids is 1. The monoisotopic (exact) mass is 333 g/mol. The van der Waals surface area contributed by atoms with Crippen molar-refractivity contribution in [2.75, 3.05) is 19.7 Å². The van der Waals surface area contributed by atoms with Crippen LogP contribution < -0.4 is 15.4 Å². The van der Waals surface area contributed by atoms with E-state index in [0.717, 1.165) is 37.1 Å². The van der Waals surface area contributed by atoms with Gasteiger partial charge >= 0.3 is 0 Å². The van der Waals surface area contributed by atoms with Crippen molar-refractivity contribution in [3.8, 4) is 5.88 Å². The summed E-state index contributed by atoms with van der Waals surface area (Å²) in [7, 11) is 0. The van der Waals surface area contributed by atoms with Gasteiger partial charge in [0.05, 0.1) is 5.41 Å². The van der Waals surface area contributed by atoms with Crippen molar-refractivity contribution >= 4 is 5.91 Å². The van der Waals surface area contributed by atoms with Crippen LogP contribution in [0.25, 0.3) is 0 Å². The van der Waals surface area contributed by atoms with E-state index in [1.807, 2.05) is 33.8 Å². The van der Waals surface area contributed by atoms with Crippen molar-refractivity contribution in [3.05, 3.63) is 23.4 Å². The van der Waals surface area contributed by atoms with Crippen LogP contribution in [0.2, 0.25) is 0 Å². The Hall–Kier alpha value is -1.62. The minimum atomic E-state index is -0.595. The highest BCUT2D eigenvalue weighted by Gasteiger charge is 2.33. The number of aromatic nitrogens is 1. The topological polar surface area (TPSA) is 63.2 Å². The first-order chi connectivity index (χ1) is 11.3. The van der Waals surface area contributed by atoms with E-state index in [4.69, 9.17) is 4.74 Å². The fourth-order valence-electron chi connectivity index (χ4n) is 3.07. The van der Waals surface area contributed by atoms with Crippen LogP contribution >= 0.6 is 0 Å². The van der Waals surface area contributed by atoms with Gasteiger partial charge in [-0.05, 0) is 64.8 Å². The number of nitrogens with one attached hydrogen (secondary N) is 2. The predicted molar refractivity (Wildman–Crippen MR) is 96.2 cm³/mol. The van der Waals surface area contributed by atoms with E-state index in [9.17, 15) is 4.79 Å². The zero-order chi connectivity index (χ0) is 17.7. The fourth-order valence-corrected chi connectivity index (χ4v) is 3.07. The van der Waals surface area contributed by atoms with Crippen molar-refractivity contribution in [2.45, 2.75) is 53.5 Å². The summed E-state index contributed by atoms with van der Waals surface area (Å²) in [6, 6.07) is 2.29. The molecule has 0 unspecified atom stereocenters. The first-order valence-electron chi connectivity index (χ1n) is 8.91. The van der Waals surface area contributed by atoms with Gasteiger partial charge in [-0.1, -0.05) is 13.3 Å². The van der Waals surface area contributed by atoms with Crippen molar-refractivity contribution < 1.29 is 9.53 Å². The third-order valence-corrected chi connectivity index (χ3v) is 4.80. The number of hydrogen-bond donors (Lipinski definition) is 2. The Morgan fingerprint density at radius 1 is 1.46 bits per heavy atom. The number of rotatable bonds is 6. The van der Waals surface area contributed by atoms with Gasteiger partial charge in [0.2, 0.25) is 11.8 Å². The van der Waals surface area contributed by atoms with Gasteiger partial charge < -0.3 is 15.4 Å². The summed E-state index contributed by atoms with van der Waals surface area (Å²) >= 11 is 0. The lowest BCUT2D eigenvalue weighted by Gasteiger charge is -2.34. The Morgan fingerprint density at radius 3 is 2.88 bits per heavy atom. The Balaban J connectivity index is 1.94. The standard InChI is InChI=1S/C19H31N3O2/c1-6-15-11-20-8-7-16(15)22-18(23)19(4,5)12-24-17-14(3)9-13(2)10-21-17/h9-10,15-16,20H,6-8,11-12H2,1-5H3,(H,22,23)/t15-,16-/m1/s1. The van der Waals surface area contributed by atoms with Crippen LogP contribution in [0.4, 0.5) is 0 Å². The van der Waals surface area contributed by atoms with E-state index in [1.165, 1.54) is 0 Å². The Labute approximate surface area is 145 Å². The lowest BCUT2D eigenvalue weighted by atomic mass is 9.88. The van der Waals surface area contributed by atoms with Gasteiger partial charge in [0.25, 0.3) is 0 Å². The van der Waals surface area contributed by atoms with E-state index in [0.29, 0.717) is 18.4 Å². The maximum atomic E-state index is 12.7. The van der Waals surface area contributed by atoms with Crippen LogP contribution in [0, 0.1) is 25.2 Å². The van der Waals surface area contributed by atoms with Crippen LogP contribution in [-0.2, 0) is 4.79 Å². The molecule has 1 fully saturated rings. The highest BCUT2D eigenvalue weighted by atomic mass is 16.5. The highest BCUT2D eigenvalue weighted by molar-refractivity contribution is 5.82. The zero-order valence-electron chi connectivity index (χ0n) is 15.6. The van der Waals surface area contributed by atoms with E-state index >= 15 is 0 Å². The van der Waals surface area contributed by atoms with Gasteiger partial charge in [0.1, 0.15) is 6.61 Å². The van der Waals surface area contributed by atoms with Crippen LogP contribution in [0.5, 0.6) is 5.88 Å². The van der Waals surface area contributed by atoms with E-state index in [-0.39, 0.29) is 11.9 Å². The molecule has 1 aliphatic heterocycles. The normalized spacial score (nSPS) is 21.4. The number of nitrogens with zero attached hydrogens (tertiary/aromatic N) is 1. The van der Waals surface area contributed by atoms with Gasteiger partial charge in [-0.3, -0.25) is 4.79 Å². The second kappa shape index (κ2) is 7.97. The molecule has 5 heteroatoms. The average molecular weight is 333 g/mol. The number of pyridine rings is 1. The molecule has 1 aromatic heterocycles. The second-order valence-corrected chi connectivity index (χ2v) is 7.55. The van der Waals surface area contributed by atoms with Gasteiger partial charge in [-0.2, -0.15) is 0 Å². The molecule has 2 N–H and O–H groups in total. The molecule has 1 aromatic rings. The lowest BCUT2D eigenvalue weighted by molar-refractivity contribution is -0.132. The van der Waals surface area contributed by atoms with Crippen LogP contribution in [-0.4, -0.2) is 36.6 Å². The van der Waals surface area contributed by atoms with Gasteiger partial charge in [-0.25, -0.2) is 4.98 Å². The summed E-state index contributed by atoms with van der Waals surface area (Å²) in [6.07, 6.45) is 3.84. The number of ether oxygens (including phenoxy) is 1. The molecule has 2 atom stereocenters. The predicted octanol–water partition coefficient (Wildman–Crippen LogP) is 2.61. The molecule has 2 rings (SSSR count). The van der Waals surface area contributed by atoms with E-state index in [2.05, 4.69) is 22.5 Å². The van der Waals surface area contributed by atoms with Gasteiger partial charge in [0, 0.05) is 17.8 Å². The minimum Gasteiger partial charge on any atom is -0.476 e. The maximum Gasteiger partial charge on any atom is 0.229 e. The molecule has 1 aliphatic rings. The smallest absolute Gasteiger partial charge is 0.229 e. The number of piperidine rings is 1. The molecule has 0 radical (unpaired) electrons. The number of aryl methyl sites for hydroxylation is 2. The molecule has 24 heavy (non-hydrogen) atoms. The van der Waals surface area contributed by atoms with E-state index < -0.39 is 5.41 Å². The molecule has 0 bridgehead atoms. The number of carbonyl (C=O) groups is 1. The van der Waals surface area contributed by atoms with Gasteiger partial charge in [0.15, 0.2) is 0 Å². The number of hydrogen-bond acceptors (Lipinski definition) is 4. The molecule has 0 aromatic carbocycles. The number of amides is 1. The quantitative estimate of drug-likeness (QED) is 0.840. The third-order valence-electron chi connectivity index (χ3n) is 4.80. The Kier molecular flexibility index (Phi) is 6.21. The largest absolute Gasteiger partial charge is 0.476 e. The molecule has 2 heterocycles. The van der Waals surface area contributed by atoms with Crippen LogP contribution in [0.15, 0.2) is 12.3 Å². The molecular formula is C19H31N3O2. The summed E-state index contributed by atoms with van der Waals surface area (Å²) in [5.41, 5.74) is 1.51. The first kappa shape index (κ1) is 18.7. The molecule has 134 valence electrons. The van der Waals surface area contributed by atoms with Crippen LogP contribution in [0.3, 0.4) is 0 Å². The maximum absolute atomic E-state index is 12.7.